The summed E-state index contributed by atoms with van der Waals surface area (Å²) in [5.74, 6) is 1.72. The van der Waals surface area contributed by atoms with Crippen molar-refractivity contribution in [3.8, 4) is 11.5 Å². The molecule has 0 bridgehead atoms. The molecule has 0 fully saturated rings. The maximum Gasteiger partial charge on any atom is 0.463 e. The summed E-state index contributed by atoms with van der Waals surface area (Å²) in [5.41, 5.74) is 6.20. The van der Waals surface area contributed by atoms with Crippen molar-refractivity contribution in [2.24, 2.45) is 5.41 Å². The number of unbranched alkanes of at least 4 members (excludes halogenated alkanes) is 4. The Morgan fingerprint density at radius 1 is 0.605 bits per heavy atom. The van der Waals surface area contributed by atoms with Gasteiger partial charge < -0.3 is 23.4 Å². The molecule has 2 aromatic carbocycles. The molecule has 0 unspecified atom stereocenters. The predicted molar refractivity (Wildman–Crippen MR) is 181 cm³/mol. The number of rotatable bonds is 22. The van der Waals surface area contributed by atoms with E-state index in [9.17, 15) is 9.79 Å². The van der Waals surface area contributed by atoms with Gasteiger partial charge in [0.25, 0.3) is 0 Å². The summed E-state index contributed by atoms with van der Waals surface area (Å²) >= 11 is 0. The molecule has 2 rings (SSSR count). The van der Waals surface area contributed by atoms with E-state index in [4.69, 9.17) is 18.1 Å². The number of hydrogen-bond donors (Lipinski definition) is 2. The van der Waals surface area contributed by atoms with Gasteiger partial charge in [0, 0.05) is 5.41 Å². The standard InChI is InChI=1S/C35H56O6P2/c1-9-13-17-29-21-27(5)22-30(18-14-10-2)33(29)40-43(39-26-35(7,8)25-38-42(36)37)41-34-31(19-15-11-3)23-28(6)24-32(34)20-16-12-4/h21-24,36-37H,7-20,25-26H2,1-6H3. The van der Waals surface area contributed by atoms with E-state index in [0.717, 1.165) is 88.5 Å². The monoisotopic (exact) mass is 634 g/mol. The van der Waals surface area contributed by atoms with E-state index in [-0.39, 0.29) is 13.2 Å². The summed E-state index contributed by atoms with van der Waals surface area (Å²) in [6.07, 6.45) is 12.3. The molecule has 0 aliphatic heterocycles. The number of hydrogen-bond acceptors (Lipinski definition) is 6. The summed E-state index contributed by atoms with van der Waals surface area (Å²) in [7, 11) is -4.41. The lowest BCUT2D eigenvalue weighted by Crippen LogP contribution is -2.25. The van der Waals surface area contributed by atoms with Gasteiger partial charge in [-0.1, -0.05) is 88.8 Å². The van der Waals surface area contributed by atoms with E-state index >= 15 is 0 Å². The lowest BCUT2D eigenvalue weighted by Gasteiger charge is -2.28. The Labute approximate surface area is 264 Å². The summed E-state index contributed by atoms with van der Waals surface area (Å²) in [6.45, 7) is 21.3. The predicted octanol–water partition coefficient (Wildman–Crippen LogP) is 10.3. The lowest BCUT2D eigenvalue weighted by atomic mass is 9.97. The molecular formula is C35H56O6P2. The third kappa shape index (κ3) is 13.7. The van der Waals surface area contributed by atoms with Gasteiger partial charge in [0.15, 0.2) is 0 Å². The third-order valence-electron chi connectivity index (χ3n) is 7.27. The lowest BCUT2D eigenvalue weighted by molar-refractivity contribution is 0.131. The Bertz CT molecular complexity index is 958. The Morgan fingerprint density at radius 3 is 1.23 bits per heavy atom. The van der Waals surface area contributed by atoms with Gasteiger partial charge in [-0.15, -0.1) is 0 Å². The minimum Gasteiger partial charge on any atom is -0.417 e. The van der Waals surface area contributed by atoms with E-state index in [2.05, 4.69) is 79.7 Å². The van der Waals surface area contributed by atoms with Gasteiger partial charge in [0.2, 0.25) is 0 Å². The van der Waals surface area contributed by atoms with Gasteiger partial charge in [-0.25, -0.2) is 0 Å². The van der Waals surface area contributed by atoms with Crippen molar-refractivity contribution in [2.75, 3.05) is 13.2 Å². The second-order valence-corrected chi connectivity index (χ2v) is 13.8. The molecule has 0 aromatic heterocycles. The molecule has 0 amide bonds. The zero-order valence-corrected chi connectivity index (χ0v) is 29.3. The molecule has 6 nitrogen and oxygen atoms in total. The molecular weight excluding hydrogens is 578 g/mol. The molecule has 8 heteroatoms. The molecule has 242 valence electrons. The number of aryl methyl sites for hydroxylation is 6. The largest absolute Gasteiger partial charge is 0.463 e. The highest BCUT2D eigenvalue weighted by Crippen LogP contribution is 2.48. The highest BCUT2D eigenvalue weighted by atomic mass is 31.2. The molecule has 2 N–H and O–H groups in total. The average molecular weight is 635 g/mol. The molecule has 0 spiro atoms. The Kier molecular flexibility index (Phi) is 17.6. The van der Waals surface area contributed by atoms with Crippen LogP contribution in [0.15, 0.2) is 24.3 Å². The maximum atomic E-state index is 9.29. The molecule has 0 heterocycles. The quantitative estimate of drug-likeness (QED) is 0.126. The van der Waals surface area contributed by atoms with E-state index < -0.39 is 22.6 Å². The van der Waals surface area contributed by atoms with E-state index in [1.165, 1.54) is 33.4 Å². The molecule has 2 radical (unpaired) electrons. The molecule has 2 aromatic rings. The van der Waals surface area contributed by atoms with Gasteiger partial charge in [0.1, 0.15) is 11.5 Å². The topological polar surface area (TPSA) is 77.4 Å². The van der Waals surface area contributed by atoms with Crippen LogP contribution in [0.25, 0.3) is 0 Å². The third-order valence-corrected chi connectivity index (χ3v) is 8.63. The van der Waals surface area contributed by atoms with Crippen molar-refractivity contribution in [3.05, 3.63) is 71.5 Å². The smallest absolute Gasteiger partial charge is 0.417 e. The molecule has 43 heavy (non-hydrogen) atoms. The molecule has 0 aliphatic carbocycles. The number of benzene rings is 2. The van der Waals surface area contributed by atoms with Crippen molar-refractivity contribution in [2.45, 2.75) is 119 Å². The minimum absolute atomic E-state index is 0.0583. The van der Waals surface area contributed by atoms with Crippen molar-refractivity contribution in [1.82, 2.24) is 0 Å². The first-order valence-electron chi connectivity index (χ1n) is 16.1. The second kappa shape index (κ2) is 20.0. The van der Waals surface area contributed by atoms with E-state index in [0.29, 0.717) is 0 Å². The highest BCUT2D eigenvalue weighted by molar-refractivity contribution is 7.42. The fourth-order valence-corrected chi connectivity index (χ4v) is 6.63. The van der Waals surface area contributed by atoms with Gasteiger partial charge in [0.05, 0.1) is 13.2 Å². The molecule has 0 saturated heterocycles. The summed E-state index contributed by atoms with van der Waals surface area (Å²) in [4.78, 5) is 18.6. The molecule has 0 atom stereocenters. The SMILES string of the molecule is [CH2]C([CH2])(COP(O)O)COP(Oc1c(CCCC)cc(C)cc1CCCC)Oc1c(CCCC)cc(C)cc1CCCC. The fraction of sp³-hybridized carbons (Fsp3) is 0.600. The van der Waals surface area contributed by atoms with Crippen LogP contribution in [-0.2, 0) is 34.7 Å². The zero-order valence-electron chi connectivity index (χ0n) is 27.5. The fourth-order valence-electron chi connectivity index (χ4n) is 4.95. The molecule has 0 aliphatic rings. The average Bonchev–Trinajstić information content (AvgIpc) is 2.96. The van der Waals surface area contributed by atoms with Crippen LogP contribution >= 0.6 is 17.2 Å². The second-order valence-electron chi connectivity index (χ2n) is 11.9. The Balaban J connectivity index is 2.58. The van der Waals surface area contributed by atoms with Crippen LogP contribution in [-0.4, -0.2) is 23.0 Å². The normalized spacial score (nSPS) is 12.0. The van der Waals surface area contributed by atoms with Crippen LogP contribution in [0.4, 0.5) is 0 Å². The summed E-state index contributed by atoms with van der Waals surface area (Å²) in [5, 5.41) is 0. The first-order chi connectivity index (χ1) is 20.5. The van der Waals surface area contributed by atoms with Gasteiger partial charge in [-0.05, 0) is 101 Å². The van der Waals surface area contributed by atoms with Crippen molar-refractivity contribution < 1.29 is 27.9 Å². The maximum absolute atomic E-state index is 9.29. The van der Waals surface area contributed by atoms with Crippen LogP contribution in [0.3, 0.4) is 0 Å². The van der Waals surface area contributed by atoms with Crippen LogP contribution in [0, 0.1) is 33.1 Å². The first kappa shape index (κ1) is 37.9. The van der Waals surface area contributed by atoms with E-state index in [1.807, 2.05) is 0 Å². The van der Waals surface area contributed by atoms with Crippen LogP contribution < -0.4 is 9.05 Å². The zero-order chi connectivity index (χ0) is 31.8. The van der Waals surface area contributed by atoms with Gasteiger partial charge >= 0.3 is 17.2 Å². The summed E-state index contributed by atoms with van der Waals surface area (Å²) in [6, 6.07) is 8.91. The van der Waals surface area contributed by atoms with Crippen molar-refractivity contribution in [1.29, 1.82) is 0 Å². The Morgan fingerprint density at radius 2 is 0.930 bits per heavy atom. The minimum atomic E-state index is -2.51. The summed E-state index contributed by atoms with van der Waals surface area (Å²) < 4.78 is 25.1. The van der Waals surface area contributed by atoms with Crippen molar-refractivity contribution in [3.63, 3.8) is 0 Å². The molecule has 0 saturated carbocycles. The van der Waals surface area contributed by atoms with Crippen LogP contribution in [0.5, 0.6) is 11.5 Å². The van der Waals surface area contributed by atoms with Gasteiger partial charge in [-0.2, -0.15) is 0 Å². The van der Waals surface area contributed by atoms with E-state index in [1.54, 1.807) is 0 Å². The van der Waals surface area contributed by atoms with Crippen LogP contribution in [0.1, 0.15) is 112 Å². The Hall–Kier alpha value is -1.26. The van der Waals surface area contributed by atoms with Crippen LogP contribution in [0.2, 0.25) is 0 Å². The van der Waals surface area contributed by atoms with Gasteiger partial charge in [-0.3, -0.25) is 4.52 Å². The van der Waals surface area contributed by atoms with Crippen molar-refractivity contribution >= 4 is 17.2 Å². The first-order valence-corrected chi connectivity index (χ1v) is 18.3. The highest BCUT2D eigenvalue weighted by Gasteiger charge is 2.29.